The van der Waals surface area contributed by atoms with Gasteiger partial charge in [0.05, 0.1) is 0 Å². The van der Waals surface area contributed by atoms with E-state index in [0.29, 0.717) is 5.82 Å². The Morgan fingerprint density at radius 3 is 2.76 bits per heavy atom. The minimum Gasteiger partial charge on any atom is -0.481 e. The molecule has 0 radical (unpaired) electrons. The van der Waals surface area contributed by atoms with E-state index in [2.05, 4.69) is 31.2 Å². The van der Waals surface area contributed by atoms with E-state index in [-0.39, 0.29) is 18.1 Å². The van der Waals surface area contributed by atoms with Gasteiger partial charge < -0.3 is 15.2 Å². The van der Waals surface area contributed by atoms with Gasteiger partial charge in [0.15, 0.2) is 18.1 Å². The van der Waals surface area contributed by atoms with Crippen LogP contribution in [0, 0.1) is 0 Å². The highest BCUT2D eigenvalue weighted by molar-refractivity contribution is 9.10. The fourth-order valence-electron chi connectivity index (χ4n) is 1.44. The molecule has 0 spiro atoms. The fraction of sp³-hybridized carbons (Fsp3) is 0.0769. The third-order valence-electron chi connectivity index (χ3n) is 2.33. The maximum atomic E-state index is 11.7. The lowest BCUT2D eigenvalue weighted by Gasteiger charge is -2.08. The third kappa shape index (κ3) is 4.25. The largest absolute Gasteiger partial charge is 0.481 e. The van der Waals surface area contributed by atoms with E-state index in [9.17, 15) is 9.59 Å². The van der Waals surface area contributed by atoms with Crippen LogP contribution in [0.5, 0.6) is 5.75 Å². The second kappa shape index (κ2) is 6.80. The SMILES string of the molecule is O=C(COc1cccnc1C(=O)O)Nc1ccc(Br)cn1. The summed E-state index contributed by atoms with van der Waals surface area (Å²) in [7, 11) is 0. The van der Waals surface area contributed by atoms with Crippen molar-refractivity contribution in [3.8, 4) is 5.75 Å². The number of anilines is 1. The maximum Gasteiger partial charge on any atom is 0.358 e. The van der Waals surface area contributed by atoms with Crippen LogP contribution >= 0.6 is 15.9 Å². The van der Waals surface area contributed by atoms with Crippen LogP contribution in [-0.4, -0.2) is 33.6 Å². The number of ether oxygens (including phenoxy) is 1. The molecule has 0 saturated carbocycles. The van der Waals surface area contributed by atoms with Gasteiger partial charge in [-0.2, -0.15) is 0 Å². The zero-order chi connectivity index (χ0) is 15.2. The minimum atomic E-state index is -1.22. The van der Waals surface area contributed by atoms with Crippen molar-refractivity contribution >= 4 is 33.6 Å². The number of halogens is 1. The molecule has 1 amide bonds. The van der Waals surface area contributed by atoms with Crippen LogP contribution in [0.25, 0.3) is 0 Å². The van der Waals surface area contributed by atoms with Crippen LogP contribution in [-0.2, 0) is 4.79 Å². The zero-order valence-electron chi connectivity index (χ0n) is 10.6. The molecule has 0 atom stereocenters. The molecule has 2 rings (SSSR count). The average molecular weight is 352 g/mol. The number of pyridine rings is 2. The van der Waals surface area contributed by atoms with E-state index in [1.807, 2.05) is 0 Å². The summed E-state index contributed by atoms with van der Waals surface area (Å²) in [5.41, 5.74) is -0.243. The number of aromatic nitrogens is 2. The molecule has 2 heterocycles. The summed E-state index contributed by atoms with van der Waals surface area (Å²) < 4.78 is 5.95. The maximum absolute atomic E-state index is 11.7. The highest BCUT2D eigenvalue weighted by Gasteiger charge is 2.13. The summed E-state index contributed by atoms with van der Waals surface area (Å²) in [6, 6.07) is 6.30. The number of carboxylic acid groups (broad SMARTS) is 1. The molecule has 2 N–H and O–H groups in total. The fourth-order valence-corrected chi connectivity index (χ4v) is 1.67. The predicted octanol–water partition coefficient (Wildman–Crippen LogP) is 1.95. The molecule has 0 aliphatic rings. The van der Waals surface area contributed by atoms with Crippen LogP contribution < -0.4 is 10.1 Å². The Kier molecular flexibility index (Phi) is 4.83. The Bertz CT molecular complexity index is 661. The number of rotatable bonds is 5. The van der Waals surface area contributed by atoms with Crippen molar-refractivity contribution in [1.29, 1.82) is 0 Å². The highest BCUT2D eigenvalue weighted by atomic mass is 79.9. The zero-order valence-corrected chi connectivity index (χ0v) is 12.2. The molecular formula is C13H10BrN3O4. The number of carbonyl (C=O) groups is 2. The van der Waals surface area contributed by atoms with E-state index in [1.165, 1.54) is 18.3 Å². The van der Waals surface area contributed by atoms with Crippen molar-refractivity contribution in [1.82, 2.24) is 9.97 Å². The first kappa shape index (κ1) is 14.9. The second-order valence-electron chi connectivity index (χ2n) is 3.85. The van der Waals surface area contributed by atoms with Gasteiger partial charge in [0.2, 0.25) is 0 Å². The Morgan fingerprint density at radius 1 is 1.29 bits per heavy atom. The number of carboxylic acids is 1. The van der Waals surface area contributed by atoms with Crippen LogP contribution in [0.15, 0.2) is 41.1 Å². The van der Waals surface area contributed by atoms with Gasteiger partial charge in [-0.25, -0.2) is 14.8 Å². The van der Waals surface area contributed by atoms with Crippen molar-refractivity contribution in [2.24, 2.45) is 0 Å². The van der Waals surface area contributed by atoms with Gasteiger partial charge in [0.25, 0.3) is 5.91 Å². The number of hydrogen-bond acceptors (Lipinski definition) is 5. The first-order valence-corrected chi connectivity index (χ1v) is 6.58. The van der Waals surface area contributed by atoms with Crippen LogP contribution in [0.1, 0.15) is 10.5 Å². The van der Waals surface area contributed by atoms with E-state index in [1.54, 1.807) is 18.3 Å². The molecule has 0 aliphatic carbocycles. The van der Waals surface area contributed by atoms with E-state index in [4.69, 9.17) is 9.84 Å². The summed E-state index contributed by atoms with van der Waals surface area (Å²) in [5, 5.41) is 11.5. The molecule has 0 aromatic carbocycles. The summed E-state index contributed by atoms with van der Waals surface area (Å²) in [5.74, 6) is -1.27. The highest BCUT2D eigenvalue weighted by Crippen LogP contribution is 2.15. The Morgan fingerprint density at radius 2 is 2.10 bits per heavy atom. The monoisotopic (exact) mass is 351 g/mol. The lowest BCUT2D eigenvalue weighted by Crippen LogP contribution is -2.21. The van der Waals surface area contributed by atoms with Crippen molar-refractivity contribution in [2.75, 3.05) is 11.9 Å². The van der Waals surface area contributed by atoms with Gasteiger partial charge in [-0.3, -0.25) is 4.79 Å². The summed E-state index contributed by atoms with van der Waals surface area (Å²) in [6.07, 6.45) is 2.88. The molecule has 0 fully saturated rings. The molecular weight excluding hydrogens is 342 g/mol. The van der Waals surface area contributed by atoms with Crippen molar-refractivity contribution in [3.05, 3.63) is 46.8 Å². The van der Waals surface area contributed by atoms with Crippen LogP contribution in [0.3, 0.4) is 0 Å². The van der Waals surface area contributed by atoms with E-state index < -0.39 is 11.9 Å². The van der Waals surface area contributed by atoms with Gasteiger partial charge in [-0.1, -0.05) is 0 Å². The Labute approximate surface area is 128 Å². The van der Waals surface area contributed by atoms with E-state index in [0.717, 1.165) is 4.47 Å². The number of aromatic carboxylic acids is 1. The molecule has 0 aliphatic heterocycles. The molecule has 2 aromatic heterocycles. The van der Waals surface area contributed by atoms with Crippen LogP contribution in [0.2, 0.25) is 0 Å². The number of nitrogens with zero attached hydrogens (tertiary/aromatic N) is 2. The molecule has 21 heavy (non-hydrogen) atoms. The van der Waals surface area contributed by atoms with Gasteiger partial charge >= 0.3 is 5.97 Å². The topological polar surface area (TPSA) is 101 Å². The number of amides is 1. The summed E-state index contributed by atoms with van der Waals surface area (Å²) >= 11 is 3.23. The van der Waals surface area contributed by atoms with Crippen LogP contribution in [0.4, 0.5) is 5.82 Å². The lowest BCUT2D eigenvalue weighted by molar-refractivity contribution is -0.118. The standard InChI is InChI=1S/C13H10BrN3O4/c14-8-3-4-10(16-6-8)17-11(18)7-21-9-2-1-5-15-12(9)13(19)20/h1-6H,7H2,(H,19,20)(H,16,17,18). The molecule has 2 aromatic rings. The van der Waals surface area contributed by atoms with Gasteiger partial charge in [0, 0.05) is 16.9 Å². The van der Waals surface area contributed by atoms with Gasteiger partial charge in [0.1, 0.15) is 5.82 Å². The second-order valence-corrected chi connectivity index (χ2v) is 4.77. The van der Waals surface area contributed by atoms with Crippen molar-refractivity contribution in [2.45, 2.75) is 0 Å². The third-order valence-corrected chi connectivity index (χ3v) is 2.80. The molecule has 0 bridgehead atoms. The quantitative estimate of drug-likeness (QED) is 0.853. The van der Waals surface area contributed by atoms with E-state index >= 15 is 0 Å². The summed E-state index contributed by atoms with van der Waals surface area (Å²) in [6.45, 7) is -0.344. The van der Waals surface area contributed by atoms with Gasteiger partial charge in [-0.15, -0.1) is 0 Å². The molecule has 7 nitrogen and oxygen atoms in total. The lowest BCUT2D eigenvalue weighted by atomic mass is 10.3. The molecule has 108 valence electrons. The van der Waals surface area contributed by atoms with Crippen molar-refractivity contribution < 1.29 is 19.4 Å². The minimum absolute atomic E-state index is 0.0314. The first-order valence-electron chi connectivity index (χ1n) is 5.79. The molecule has 0 saturated heterocycles. The molecule has 8 heteroatoms. The number of nitrogens with one attached hydrogen (secondary N) is 1. The summed E-state index contributed by atoms with van der Waals surface area (Å²) in [4.78, 5) is 30.3. The predicted molar refractivity (Wildman–Crippen MR) is 77.3 cm³/mol. The smallest absolute Gasteiger partial charge is 0.358 e. The first-order chi connectivity index (χ1) is 10.1. The van der Waals surface area contributed by atoms with Crippen molar-refractivity contribution in [3.63, 3.8) is 0 Å². The van der Waals surface area contributed by atoms with Gasteiger partial charge in [-0.05, 0) is 40.2 Å². The Hall–Kier alpha value is -2.48. The Balaban J connectivity index is 1.95. The number of hydrogen-bond donors (Lipinski definition) is 2. The number of carbonyl (C=O) groups excluding carboxylic acids is 1. The normalized spacial score (nSPS) is 9.95. The molecule has 0 unspecified atom stereocenters. The average Bonchev–Trinajstić information content (AvgIpc) is 2.48.